The zero-order valence-electron chi connectivity index (χ0n) is 12.9. The predicted molar refractivity (Wildman–Crippen MR) is 94.5 cm³/mol. The van der Waals surface area contributed by atoms with Gasteiger partial charge in [-0.3, -0.25) is 9.80 Å². The van der Waals surface area contributed by atoms with Crippen LogP contribution in [0.1, 0.15) is 31.4 Å². The van der Waals surface area contributed by atoms with Gasteiger partial charge in [-0.25, -0.2) is 4.98 Å². The van der Waals surface area contributed by atoms with Crippen molar-refractivity contribution >= 4 is 22.7 Å². The third-order valence-corrected chi connectivity index (χ3v) is 6.58. The molecule has 0 radical (unpaired) electrons. The number of thiophene rings is 1. The largest absolute Gasteiger partial charge is 0.298 e. The summed E-state index contributed by atoms with van der Waals surface area (Å²) in [7, 11) is 0. The summed E-state index contributed by atoms with van der Waals surface area (Å²) in [6.45, 7) is 5.89. The minimum absolute atomic E-state index is 0.881. The number of nitrogens with zero attached hydrogens (tertiary/aromatic N) is 3. The van der Waals surface area contributed by atoms with Gasteiger partial charge in [0, 0.05) is 55.1 Å². The number of rotatable bonds is 4. The fraction of sp³-hybridized carbons (Fsp3) is 0.588. The highest BCUT2D eigenvalue weighted by molar-refractivity contribution is 7.14. The highest BCUT2D eigenvalue weighted by Gasteiger charge is 2.26. The van der Waals surface area contributed by atoms with Crippen molar-refractivity contribution in [2.75, 3.05) is 26.2 Å². The zero-order valence-corrected chi connectivity index (χ0v) is 14.5. The summed E-state index contributed by atoms with van der Waals surface area (Å²) in [6.07, 6.45) is 5.73. The van der Waals surface area contributed by atoms with Crippen molar-refractivity contribution in [3.05, 3.63) is 27.9 Å². The first-order valence-corrected chi connectivity index (χ1v) is 10.1. The lowest BCUT2D eigenvalue weighted by molar-refractivity contribution is 0.0931. The molecule has 2 aromatic heterocycles. The lowest BCUT2D eigenvalue weighted by atomic mass is 10.2. The van der Waals surface area contributed by atoms with E-state index < -0.39 is 0 Å². The van der Waals surface area contributed by atoms with Crippen LogP contribution in [0.4, 0.5) is 0 Å². The molecule has 2 aliphatic rings. The van der Waals surface area contributed by atoms with Gasteiger partial charge in [0.05, 0.1) is 5.69 Å². The van der Waals surface area contributed by atoms with E-state index in [0.717, 1.165) is 12.6 Å². The monoisotopic (exact) mass is 333 g/mol. The lowest BCUT2D eigenvalue weighted by Crippen LogP contribution is -2.49. The van der Waals surface area contributed by atoms with E-state index in [-0.39, 0.29) is 0 Å². The SMILES string of the molecule is c1cc(-c2nc(CN3CCN(C4CCCC4)CC3)cs2)cs1. The standard InChI is InChI=1S/C17H23N3S2/c1-2-4-16(3-1)20-8-6-19(7-9-20)11-15-13-22-17(18-15)14-5-10-21-12-14/h5,10,12-13,16H,1-4,6-9,11H2. The van der Waals surface area contributed by atoms with E-state index in [2.05, 4.69) is 32.0 Å². The van der Waals surface area contributed by atoms with Gasteiger partial charge in [-0.1, -0.05) is 12.8 Å². The molecule has 0 aromatic carbocycles. The van der Waals surface area contributed by atoms with Crippen LogP contribution in [0.25, 0.3) is 10.6 Å². The number of piperazine rings is 1. The number of hydrogen-bond donors (Lipinski definition) is 0. The second-order valence-electron chi connectivity index (χ2n) is 6.41. The van der Waals surface area contributed by atoms with Crippen molar-refractivity contribution in [3.8, 4) is 10.6 Å². The van der Waals surface area contributed by atoms with Gasteiger partial charge in [0.1, 0.15) is 5.01 Å². The Morgan fingerprint density at radius 1 is 1.09 bits per heavy atom. The Labute approximate surface area is 140 Å². The first kappa shape index (κ1) is 14.8. The second-order valence-corrected chi connectivity index (χ2v) is 8.04. The van der Waals surface area contributed by atoms with Crippen LogP contribution < -0.4 is 0 Å². The van der Waals surface area contributed by atoms with Gasteiger partial charge < -0.3 is 0 Å². The molecule has 0 atom stereocenters. The average molecular weight is 334 g/mol. The van der Waals surface area contributed by atoms with Crippen LogP contribution in [-0.2, 0) is 6.54 Å². The molecule has 2 fully saturated rings. The Morgan fingerprint density at radius 2 is 1.91 bits per heavy atom. The summed E-state index contributed by atoms with van der Waals surface area (Å²) in [6, 6.07) is 3.04. The van der Waals surface area contributed by atoms with Crippen LogP contribution in [0.3, 0.4) is 0 Å². The third-order valence-electron chi connectivity index (χ3n) is 4.95. The van der Waals surface area contributed by atoms with Gasteiger partial charge in [-0.2, -0.15) is 11.3 Å². The van der Waals surface area contributed by atoms with Gasteiger partial charge >= 0.3 is 0 Å². The average Bonchev–Trinajstić information content (AvgIpc) is 3.30. The number of hydrogen-bond acceptors (Lipinski definition) is 5. The van der Waals surface area contributed by atoms with Crippen molar-refractivity contribution < 1.29 is 0 Å². The van der Waals surface area contributed by atoms with E-state index in [4.69, 9.17) is 4.98 Å². The lowest BCUT2D eigenvalue weighted by Gasteiger charge is -2.37. The van der Waals surface area contributed by atoms with Crippen molar-refractivity contribution in [2.24, 2.45) is 0 Å². The Morgan fingerprint density at radius 3 is 2.64 bits per heavy atom. The van der Waals surface area contributed by atoms with Crippen LogP contribution in [0.2, 0.25) is 0 Å². The molecule has 0 N–H and O–H groups in total. The van der Waals surface area contributed by atoms with E-state index in [0.29, 0.717) is 0 Å². The maximum atomic E-state index is 4.81. The molecule has 0 unspecified atom stereocenters. The number of aromatic nitrogens is 1. The maximum Gasteiger partial charge on any atom is 0.124 e. The fourth-order valence-corrected chi connectivity index (χ4v) is 5.21. The van der Waals surface area contributed by atoms with Crippen molar-refractivity contribution in [2.45, 2.75) is 38.3 Å². The van der Waals surface area contributed by atoms with E-state index in [1.807, 2.05) is 0 Å². The first-order chi connectivity index (χ1) is 10.9. The molecule has 1 aliphatic carbocycles. The van der Waals surface area contributed by atoms with Crippen molar-refractivity contribution in [1.29, 1.82) is 0 Å². The van der Waals surface area contributed by atoms with E-state index in [1.54, 1.807) is 22.7 Å². The summed E-state index contributed by atoms with van der Waals surface area (Å²) in [4.78, 5) is 10.1. The van der Waals surface area contributed by atoms with Crippen molar-refractivity contribution in [1.82, 2.24) is 14.8 Å². The molecular formula is C17H23N3S2. The quantitative estimate of drug-likeness (QED) is 0.845. The minimum atomic E-state index is 0.881. The molecule has 3 heterocycles. The third kappa shape index (κ3) is 3.27. The van der Waals surface area contributed by atoms with Gasteiger partial charge in [-0.15, -0.1) is 11.3 Å². The number of thiazole rings is 1. The minimum Gasteiger partial charge on any atom is -0.298 e. The molecule has 2 aromatic rings. The summed E-state index contributed by atoms with van der Waals surface area (Å²) >= 11 is 3.52. The summed E-state index contributed by atoms with van der Waals surface area (Å²) in [5.41, 5.74) is 2.51. The molecule has 1 saturated carbocycles. The van der Waals surface area contributed by atoms with Crippen LogP contribution >= 0.6 is 22.7 Å². The smallest absolute Gasteiger partial charge is 0.124 e. The zero-order chi connectivity index (χ0) is 14.8. The molecule has 0 bridgehead atoms. The van der Waals surface area contributed by atoms with Gasteiger partial charge in [0.2, 0.25) is 0 Å². The molecule has 1 saturated heterocycles. The second kappa shape index (κ2) is 6.79. The summed E-state index contributed by atoms with van der Waals surface area (Å²) in [5.74, 6) is 0. The molecule has 0 amide bonds. The summed E-state index contributed by atoms with van der Waals surface area (Å²) in [5, 5.41) is 7.71. The highest BCUT2D eigenvalue weighted by Crippen LogP contribution is 2.27. The van der Waals surface area contributed by atoms with Crippen LogP contribution in [0.5, 0.6) is 0 Å². The Hall–Kier alpha value is -0.750. The fourth-order valence-electron chi connectivity index (χ4n) is 3.68. The molecule has 4 rings (SSSR count). The van der Waals surface area contributed by atoms with Crippen LogP contribution in [0.15, 0.2) is 22.2 Å². The van der Waals surface area contributed by atoms with E-state index >= 15 is 0 Å². The Bertz CT molecular complexity index is 579. The normalized spacial score (nSPS) is 21.6. The van der Waals surface area contributed by atoms with Crippen LogP contribution in [-0.4, -0.2) is 47.0 Å². The topological polar surface area (TPSA) is 19.4 Å². The van der Waals surface area contributed by atoms with E-state index in [9.17, 15) is 0 Å². The Kier molecular flexibility index (Phi) is 4.57. The highest BCUT2D eigenvalue weighted by atomic mass is 32.1. The summed E-state index contributed by atoms with van der Waals surface area (Å²) < 4.78 is 0. The molecule has 0 spiro atoms. The van der Waals surface area contributed by atoms with Crippen LogP contribution in [0, 0.1) is 0 Å². The van der Waals surface area contributed by atoms with Crippen molar-refractivity contribution in [3.63, 3.8) is 0 Å². The van der Waals surface area contributed by atoms with Gasteiger partial charge in [-0.05, 0) is 24.3 Å². The molecule has 118 valence electrons. The van der Waals surface area contributed by atoms with Gasteiger partial charge in [0.25, 0.3) is 0 Å². The van der Waals surface area contributed by atoms with Gasteiger partial charge in [0.15, 0.2) is 0 Å². The maximum absolute atomic E-state index is 4.81. The predicted octanol–water partition coefficient (Wildman–Crippen LogP) is 3.93. The molecule has 22 heavy (non-hydrogen) atoms. The van der Waals surface area contributed by atoms with E-state index in [1.165, 1.54) is 68.1 Å². The molecule has 5 heteroatoms. The first-order valence-electron chi connectivity index (χ1n) is 8.32. The Balaban J connectivity index is 1.31. The molecule has 3 nitrogen and oxygen atoms in total. The molecule has 1 aliphatic heterocycles. The molecular weight excluding hydrogens is 310 g/mol.